The summed E-state index contributed by atoms with van der Waals surface area (Å²) in [6, 6.07) is 16.5. The maximum Gasteiger partial charge on any atom is 0.281 e. The van der Waals surface area contributed by atoms with Gasteiger partial charge in [-0.05, 0) is 36.4 Å². The van der Waals surface area contributed by atoms with Crippen molar-refractivity contribution in [3.63, 3.8) is 0 Å². The second-order valence-corrected chi connectivity index (χ2v) is 5.95. The molecule has 0 amide bonds. The first-order valence-corrected chi connectivity index (χ1v) is 8.06. The average molecular weight is 352 g/mol. The molecular formula is C19H14ClN3O2. The van der Waals surface area contributed by atoms with E-state index < -0.39 is 0 Å². The van der Waals surface area contributed by atoms with Crippen molar-refractivity contribution in [1.82, 2.24) is 14.8 Å². The number of methoxy groups -OCH3 is 1. The van der Waals surface area contributed by atoms with Crippen LogP contribution in [0.5, 0.6) is 5.75 Å². The van der Waals surface area contributed by atoms with E-state index in [2.05, 4.69) is 10.1 Å². The molecule has 2 aromatic carbocycles. The number of hydrogen-bond donors (Lipinski definition) is 1. The van der Waals surface area contributed by atoms with Gasteiger partial charge in [0.1, 0.15) is 5.75 Å². The summed E-state index contributed by atoms with van der Waals surface area (Å²) in [6.07, 6.45) is 1.67. The lowest BCUT2D eigenvalue weighted by Crippen LogP contribution is -2.14. The second kappa shape index (κ2) is 6.11. The first kappa shape index (κ1) is 15.5. The fourth-order valence-electron chi connectivity index (χ4n) is 2.90. The number of ether oxygens (including phenoxy) is 1. The Morgan fingerprint density at radius 2 is 1.80 bits per heavy atom. The third-order valence-corrected chi connectivity index (χ3v) is 4.32. The summed E-state index contributed by atoms with van der Waals surface area (Å²) in [7, 11) is 1.61. The lowest BCUT2D eigenvalue weighted by atomic mass is 10.0. The normalized spacial score (nSPS) is 11.0. The van der Waals surface area contributed by atoms with E-state index in [0.717, 1.165) is 11.1 Å². The SMILES string of the molecule is COc1ccccc1-c1ccnc2[nH]n(-c3ccc(Cl)cc3)c(=O)c12. The van der Waals surface area contributed by atoms with Gasteiger partial charge in [0, 0.05) is 22.3 Å². The maximum absolute atomic E-state index is 13.0. The molecule has 0 aliphatic rings. The highest BCUT2D eigenvalue weighted by atomic mass is 35.5. The van der Waals surface area contributed by atoms with Crippen molar-refractivity contribution in [2.75, 3.05) is 7.11 Å². The van der Waals surface area contributed by atoms with Crippen LogP contribution in [-0.4, -0.2) is 21.9 Å². The van der Waals surface area contributed by atoms with Gasteiger partial charge in [-0.2, -0.15) is 0 Å². The number of pyridine rings is 1. The molecule has 0 saturated heterocycles. The summed E-state index contributed by atoms with van der Waals surface area (Å²) in [4.78, 5) is 17.3. The highest BCUT2D eigenvalue weighted by molar-refractivity contribution is 6.30. The molecular weight excluding hydrogens is 338 g/mol. The molecule has 0 aliphatic carbocycles. The Morgan fingerprint density at radius 1 is 1.04 bits per heavy atom. The Labute approximate surface area is 148 Å². The summed E-state index contributed by atoms with van der Waals surface area (Å²) in [6.45, 7) is 0. The van der Waals surface area contributed by atoms with Crippen LogP contribution in [-0.2, 0) is 0 Å². The van der Waals surface area contributed by atoms with Gasteiger partial charge in [-0.15, -0.1) is 0 Å². The minimum Gasteiger partial charge on any atom is -0.496 e. The molecule has 5 nitrogen and oxygen atoms in total. The Bertz CT molecular complexity index is 1110. The quantitative estimate of drug-likeness (QED) is 0.606. The number of rotatable bonds is 3. The largest absolute Gasteiger partial charge is 0.496 e. The van der Waals surface area contributed by atoms with Gasteiger partial charge in [0.05, 0.1) is 18.2 Å². The van der Waals surface area contributed by atoms with Gasteiger partial charge in [-0.25, -0.2) is 9.67 Å². The fraction of sp³-hybridized carbons (Fsp3) is 0.0526. The molecule has 1 N–H and O–H groups in total. The summed E-state index contributed by atoms with van der Waals surface area (Å²) < 4.78 is 6.90. The van der Waals surface area contributed by atoms with E-state index in [1.807, 2.05) is 30.3 Å². The van der Waals surface area contributed by atoms with Crippen molar-refractivity contribution in [3.8, 4) is 22.6 Å². The molecule has 25 heavy (non-hydrogen) atoms. The number of aromatic amines is 1. The van der Waals surface area contributed by atoms with Gasteiger partial charge in [-0.3, -0.25) is 9.89 Å². The number of H-pyrrole nitrogens is 1. The number of aromatic nitrogens is 3. The number of hydrogen-bond acceptors (Lipinski definition) is 3. The topological polar surface area (TPSA) is 59.9 Å². The maximum atomic E-state index is 13.0. The number of nitrogens with zero attached hydrogens (tertiary/aromatic N) is 2. The van der Waals surface area contributed by atoms with Crippen LogP contribution in [0.3, 0.4) is 0 Å². The highest BCUT2D eigenvalue weighted by Crippen LogP contribution is 2.32. The molecule has 0 unspecified atom stereocenters. The monoisotopic (exact) mass is 351 g/mol. The first-order valence-electron chi connectivity index (χ1n) is 7.68. The molecule has 0 bridgehead atoms. The predicted octanol–water partition coefficient (Wildman–Crippen LogP) is 4.04. The molecule has 0 spiro atoms. The van der Waals surface area contributed by atoms with Gasteiger partial charge in [-0.1, -0.05) is 29.8 Å². The number of para-hydroxylation sites is 1. The first-order chi connectivity index (χ1) is 12.2. The van der Waals surface area contributed by atoms with E-state index in [-0.39, 0.29) is 5.56 Å². The predicted molar refractivity (Wildman–Crippen MR) is 98.7 cm³/mol. The fourth-order valence-corrected chi connectivity index (χ4v) is 3.02. The summed E-state index contributed by atoms with van der Waals surface area (Å²) >= 11 is 5.93. The van der Waals surface area contributed by atoms with E-state index in [0.29, 0.717) is 27.5 Å². The number of nitrogens with one attached hydrogen (secondary N) is 1. The van der Waals surface area contributed by atoms with Crippen molar-refractivity contribution < 1.29 is 4.74 Å². The Kier molecular flexibility index (Phi) is 3.78. The number of halogens is 1. The Balaban J connectivity index is 1.99. The van der Waals surface area contributed by atoms with E-state index in [1.54, 1.807) is 37.6 Å². The average Bonchev–Trinajstić information content (AvgIpc) is 2.99. The van der Waals surface area contributed by atoms with Crippen LogP contribution in [0.4, 0.5) is 0 Å². The molecule has 0 atom stereocenters. The van der Waals surface area contributed by atoms with E-state index >= 15 is 0 Å². The Morgan fingerprint density at radius 3 is 2.56 bits per heavy atom. The summed E-state index contributed by atoms with van der Waals surface area (Å²) in [5.74, 6) is 0.702. The van der Waals surface area contributed by atoms with Crippen molar-refractivity contribution in [3.05, 3.63) is 76.2 Å². The molecule has 0 saturated carbocycles. The smallest absolute Gasteiger partial charge is 0.281 e. The van der Waals surface area contributed by atoms with Crippen LogP contribution in [0.15, 0.2) is 65.6 Å². The van der Waals surface area contributed by atoms with Crippen LogP contribution >= 0.6 is 11.6 Å². The van der Waals surface area contributed by atoms with Crippen LogP contribution < -0.4 is 10.3 Å². The molecule has 6 heteroatoms. The lowest BCUT2D eigenvalue weighted by Gasteiger charge is -2.08. The summed E-state index contributed by atoms with van der Waals surface area (Å²) in [5.41, 5.74) is 2.65. The van der Waals surface area contributed by atoms with Gasteiger partial charge in [0.15, 0.2) is 5.65 Å². The van der Waals surface area contributed by atoms with Gasteiger partial charge < -0.3 is 4.74 Å². The lowest BCUT2D eigenvalue weighted by molar-refractivity contribution is 0.416. The highest BCUT2D eigenvalue weighted by Gasteiger charge is 2.16. The molecule has 2 heterocycles. The van der Waals surface area contributed by atoms with E-state index in [4.69, 9.17) is 16.3 Å². The second-order valence-electron chi connectivity index (χ2n) is 5.51. The zero-order valence-corrected chi connectivity index (χ0v) is 14.1. The van der Waals surface area contributed by atoms with Gasteiger partial charge in [0.25, 0.3) is 5.56 Å². The minimum absolute atomic E-state index is 0.175. The van der Waals surface area contributed by atoms with Crippen molar-refractivity contribution >= 4 is 22.6 Å². The third-order valence-electron chi connectivity index (χ3n) is 4.07. The molecule has 0 radical (unpaired) electrons. The third kappa shape index (κ3) is 2.58. The molecule has 0 aliphatic heterocycles. The van der Waals surface area contributed by atoms with E-state index in [1.165, 1.54) is 4.68 Å². The standard InChI is InChI=1S/C19H14ClN3O2/c1-25-16-5-3-2-4-14(16)15-10-11-21-18-17(15)19(24)23(22-18)13-8-6-12(20)7-9-13/h2-11H,1H3,(H,21,22). The van der Waals surface area contributed by atoms with E-state index in [9.17, 15) is 4.79 Å². The van der Waals surface area contributed by atoms with Crippen LogP contribution in [0.25, 0.3) is 27.8 Å². The van der Waals surface area contributed by atoms with Gasteiger partial charge >= 0.3 is 0 Å². The summed E-state index contributed by atoms with van der Waals surface area (Å²) in [5, 5.41) is 4.18. The van der Waals surface area contributed by atoms with Crippen molar-refractivity contribution in [1.29, 1.82) is 0 Å². The van der Waals surface area contributed by atoms with Crippen LogP contribution in [0, 0.1) is 0 Å². The minimum atomic E-state index is -0.175. The zero-order valence-electron chi connectivity index (χ0n) is 13.4. The van der Waals surface area contributed by atoms with Crippen molar-refractivity contribution in [2.45, 2.75) is 0 Å². The zero-order chi connectivity index (χ0) is 17.4. The molecule has 2 aromatic heterocycles. The molecule has 124 valence electrons. The van der Waals surface area contributed by atoms with Crippen LogP contribution in [0.1, 0.15) is 0 Å². The number of benzene rings is 2. The molecule has 4 rings (SSSR count). The Hall–Kier alpha value is -3.05. The van der Waals surface area contributed by atoms with Crippen molar-refractivity contribution in [2.24, 2.45) is 0 Å². The van der Waals surface area contributed by atoms with Gasteiger partial charge in [0.2, 0.25) is 0 Å². The van der Waals surface area contributed by atoms with Crippen LogP contribution in [0.2, 0.25) is 5.02 Å². The molecule has 4 aromatic rings. The molecule has 0 fully saturated rings. The number of fused-ring (bicyclic) bond motifs is 1.